The Labute approximate surface area is 147 Å². The second-order valence-corrected chi connectivity index (χ2v) is 7.04. The van der Waals surface area contributed by atoms with Crippen molar-refractivity contribution in [2.45, 2.75) is 17.9 Å². The van der Waals surface area contributed by atoms with Gasteiger partial charge in [-0.3, -0.25) is 9.78 Å². The first kappa shape index (κ1) is 19.0. The number of rotatable bonds is 9. The summed E-state index contributed by atoms with van der Waals surface area (Å²) < 4.78 is 31.9. The number of hydrogen-bond donors (Lipinski definition) is 2. The molecule has 0 atom stereocenters. The lowest BCUT2D eigenvalue weighted by Gasteiger charge is -2.08. The fourth-order valence-electron chi connectivity index (χ4n) is 2.06. The highest BCUT2D eigenvalue weighted by Gasteiger charge is 2.15. The zero-order valence-electron chi connectivity index (χ0n) is 13.9. The van der Waals surface area contributed by atoms with Gasteiger partial charge in [0.25, 0.3) is 5.91 Å². The summed E-state index contributed by atoms with van der Waals surface area (Å²) in [6, 6.07) is 11.1. The molecule has 0 unspecified atom stereocenters. The van der Waals surface area contributed by atoms with Crippen LogP contribution >= 0.6 is 0 Å². The van der Waals surface area contributed by atoms with Crippen molar-refractivity contribution in [3.63, 3.8) is 0 Å². The van der Waals surface area contributed by atoms with Crippen molar-refractivity contribution in [1.82, 2.24) is 15.0 Å². The summed E-state index contributed by atoms with van der Waals surface area (Å²) in [5.41, 5.74) is 1.03. The normalized spacial score (nSPS) is 11.2. The van der Waals surface area contributed by atoms with E-state index in [1.807, 2.05) is 0 Å². The first-order chi connectivity index (χ1) is 12.0. The topological polar surface area (TPSA) is 97.4 Å². The maximum atomic E-state index is 12.3. The molecule has 1 heterocycles. The molecule has 0 radical (unpaired) electrons. The molecule has 0 saturated heterocycles. The molecule has 7 nitrogen and oxygen atoms in total. The summed E-state index contributed by atoms with van der Waals surface area (Å²) in [5.74, 6) is -0.249. The van der Waals surface area contributed by atoms with Crippen molar-refractivity contribution in [2.24, 2.45) is 0 Å². The van der Waals surface area contributed by atoms with Crippen LogP contribution in [0.25, 0.3) is 0 Å². The minimum atomic E-state index is -3.66. The van der Waals surface area contributed by atoms with Crippen LogP contribution in [0.4, 0.5) is 0 Å². The molecule has 8 heteroatoms. The van der Waals surface area contributed by atoms with Gasteiger partial charge in [-0.2, -0.15) is 0 Å². The number of ether oxygens (including phenoxy) is 1. The summed E-state index contributed by atoms with van der Waals surface area (Å²) in [7, 11) is -2.06. The molecule has 25 heavy (non-hydrogen) atoms. The van der Waals surface area contributed by atoms with E-state index in [0.29, 0.717) is 30.8 Å². The Morgan fingerprint density at radius 3 is 2.56 bits per heavy atom. The van der Waals surface area contributed by atoms with Gasteiger partial charge in [-0.25, -0.2) is 13.1 Å². The SMILES string of the molecule is COCCCNC(=O)c1ccc(S(=O)(=O)NCc2ccccn2)cc1. The Morgan fingerprint density at radius 1 is 1.16 bits per heavy atom. The van der Waals surface area contributed by atoms with Crippen LogP contribution in [0.3, 0.4) is 0 Å². The minimum absolute atomic E-state index is 0.0966. The number of benzene rings is 1. The van der Waals surface area contributed by atoms with Gasteiger partial charge >= 0.3 is 0 Å². The van der Waals surface area contributed by atoms with E-state index < -0.39 is 10.0 Å². The van der Waals surface area contributed by atoms with E-state index in [-0.39, 0.29) is 17.3 Å². The number of carbonyl (C=O) groups excluding carboxylic acids is 1. The van der Waals surface area contributed by atoms with Crippen molar-refractivity contribution < 1.29 is 17.9 Å². The number of methoxy groups -OCH3 is 1. The van der Waals surface area contributed by atoms with Gasteiger partial charge < -0.3 is 10.1 Å². The number of aromatic nitrogens is 1. The number of carbonyl (C=O) groups is 1. The van der Waals surface area contributed by atoms with Crippen LogP contribution in [0.2, 0.25) is 0 Å². The number of hydrogen-bond acceptors (Lipinski definition) is 5. The van der Waals surface area contributed by atoms with Crippen molar-refractivity contribution in [1.29, 1.82) is 0 Å². The van der Waals surface area contributed by atoms with Crippen LogP contribution in [-0.4, -0.2) is 39.6 Å². The van der Waals surface area contributed by atoms with Gasteiger partial charge in [0.05, 0.1) is 17.1 Å². The molecule has 2 rings (SSSR count). The molecular weight excluding hydrogens is 342 g/mol. The molecule has 0 spiro atoms. The minimum Gasteiger partial charge on any atom is -0.385 e. The van der Waals surface area contributed by atoms with Gasteiger partial charge in [-0.1, -0.05) is 6.07 Å². The molecule has 0 saturated carbocycles. The first-order valence-corrected chi connectivity index (χ1v) is 9.28. The smallest absolute Gasteiger partial charge is 0.251 e. The van der Waals surface area contributed by atoms with E-state index in [2.05, 4.69) is 15.0 Å². The molecule has 1 amide bonds. The second kappa shape index (κ2) is 9.26. The third kappa shape index (κ3) is 5.93. The van der Waals surface area contributed by atoms with E-state index >= 15 is 0 Å². The summed E-state index contributed by atoms with van der Waals surface area (Å²) in [6.45, 7) is 1.17. The van der Waals surface area contributed by atoms with E-state index in [1.54, 1.807) is 31.5 Å². The van der Waals surface area contributed by atoms with Gasteiger partial charge in [0.15, 0.2) is 0 Å². The largest absolute Gasteiger partial charge is 0.385 e. The third-order valence-corrected chi connectivity index (χ3v) is 4.82. The molecule has 0 bridgehead atoms. The van der Waals surface area contributed by atoms with Gasteiger partial charge in [0.2, 0.25) is 10.0 Å². The molecule has 1 aromatic heterocycles. The number of nitrogens with zero attached hydrogens (tertiary/aromatic N) is 1. The lowest BCUT2D eigenvalue weighted by molar-refractivity contribution is 0.0948. The van der Waals surface area contributed by atoms with E-state index in [1.165, 1.54) is 24.3 Å². The molecular formula is C17H21N3O4S. The number of amides is 1. The molecule has 134 valence electrons. The van der Waals surface area contributed by atoms with E-state index in [0.717, 1.165) is 0 Å². The summed E-state index contributed by atoms with van der Waals surface area (Å²) in [5, 5.41) is 2.75. The van der Waals surface area contributed by atoms with Crippen LogP contribution in [0, 0.1) is 0 Å². The summed E-state index contributed by atoms with van der Waals surface area (Å²) >= 11 is 0. The van der Waals surface area contributed by atoms with Crippen molar-refractivity contribution in [2.75, 3.05) is 20.3 Å². The predicted molar refractivity (Wildman–Crippen MR) is 93.5 cm³/mol. The molecule has 1 aromatic carbocycles. The second-order valence-electron chi connectivity index (χ2n) is 5.27. The molecule has 0 aliphatic carbocycles. The zero-order valence-corrected chi connectivity index (χ0v) is 14.8. The standard InChI is InChI=1S/C17H21N3O4S/c1-24-12-4-11-19-17(21)14-6-8-16(9-7-14)25(22,23)20-13-15-5-2-3-10-18-15/h2-3,5-10,20H,4,11-13H2,1H3,(H,19,21). The number of nitrogens with one attached hydrogen (secondary N) is 2. The molecule has 2 aromatic rings. The fraction of sp³-hybridized carbons (Fsp3) is 0.294. The molecule has 0 fully saturated rings. The van der Waals surface area contributed by atoms with Crippen LogP contribution in [0.5, 0.6) is 0 Å². The van der Waals surface area contributed by atoms with Crippen LogP contribution in [-0.2, 0) is 21.3 Å². The summed E-state index contributed by atoms with van der Waals surface area (Å²) in [6.07, 6.45) is 2.32. The van der Waals surface area contributed by atoms with Crippen molar-refractivity contribution in [3.8, 4) is 0 Å². The average molecular weight is 363 g/mol. The van der Waals surface area contributed by atoms with Crippen molar-refractivity contribution in [3.05, 3.63) is 59.9 Å². The lowest BCUT2D eigenvalue weighted by Crippen LogP contribution is -2.26. The van der Waals surface area contributed by atoms with Crippen LogP contribution < -0.4 is 10.0 Å². The highest BCUT2D eigenvalue weighted by atomic mass is 32.2. The van der Waals surface area contributed by atoms with Gasteiger partial charge in [0, 0.05) is 32.0 Å². The lowest BCUT2D eigenvalue weighted by atomic mass is 10.2. The number of pyridine rings is 1. The summed E-state index contributed by atoms with van der Waals surface area (Å²) in [4.78, 5) is 16.1. The number of sulfonamides is 1. The first-order valence-electron chi connectivity index (χ1n) is 7.80. The highest BCUT2D eigenvalue weighted by Crippen LogP contribution is 2.11. The monoisotopic (exact) mass is 363 g/mol. The van der Waals surface area contributed by atoms with Crippen LogP contribution in [0.15, 0.2) is 53.6 Å². The average Bonchev–Trinajstić information content (AvgIpc) is 2.64. The Morgan fingerprint density at radius 2 is 1.92 bits per heavy atom. The Balaban J connectivity index is 1.94. The Kier molecular flexibility index (Phi) is 7.05. The maximum Gasteiger partial charge on any atom is 0.251 e. The van der Waals surface area contributed by atoms with Gasteiger partial charge in [0.1, 0.15) is 0 Å². The van der Waals surface area contributed by atoms with Gasteiger partial charge in [-0.15, -0.1) is 0 Å². The van der Waals surface area contributed by atoms with Crippen LogP contribution in [0.1, 0.15) is 22.5 Å². The van der Waals surface area contributed by atoms with Crippen molar-refractivity contribution >= 4 is 15.9 Å². The molecule has 2 N–H and O–H groups in total. The zero-order chi connectivity index (χ0) is 18.1. The fourth-order valence-corrected chi connectivity index (χ4v) is 3.06. The van der Waals surface area contributed by atoms with E-state index in [4.69, 9.17) is 4.74 Å². The molecule has 0 aliphatic heterocycles. The van der Waals surface area contributed by atoms with Gasteiger partial charge in [-0.05, 0) is 42.8 Å². The highest BCUT2D eigenvalue weighted by molar-refractivity contribution is 7.89. The van der Waals surface area contributed by atoms with E-state index in [9.17, 15) is 13.2 Å². The molecule has 0 aliphatic rings. The Bertz CT molecular complexity index is 777. The third-order valence-electron chi connectivity index (χ3n) is 3.41. The predicted octanol–water partition coefficient (Wildman–Crippen LogP) is 1.33. The maximum absolute atomic E-state index is 12.3. The Hall–Kier alpha value is -2.29. The quantitative estimate of drug-likeness (QED) is 0.655.